The normalized spacial score (nSPS) is 18.2. The first-order valence-corrected chi connectivity index (χ1v) is 14.8. The first-order chi connectivity index (χ1) is 20.3. The Kier molecular flexibility index (Phi) is 7.02. The molecule has 0 unspecified atom stereocenters. The average Bonchev–Trinajstić information content (AvgIpc) is 3.50. The smallest absolute Gasteiger partial charge is 0.137 e. The largest absolute Gasteiger partial charge is 0.462 e. The fourth-order valence-corrected chi connectivity index (χ4v) is 6.99. The standard InChI is InChI=1S/C36H30N4OS/c1-23-9-8-12-28(15-23)40(27-10-6-5-7-11-27)29-18-32-34(39-22-29)35-33(36(32,3)4)19-31(42-35)14-13-30-17-25(16-24(2)41-30)26(20-37)21-38/h5-14,16-19,22-23H,15H2,1-4H3/b14-13+/t23-/m1/s1. The third-order valence-electron chi connectivity index (χ3n) is 7.86. The predicted octanol–water partition coefficient (Wildman–Crippen LogP) is 9.24. The number of hydrogen-bond donors (Lipinski definition) is 0. The fraction of sp³-hybridized carbons (Fsp3) is 0.194. The number of fused-ring (bicyclic) bond motifs is 3. The van der Waals surface area contributed by atoms with Crippen molar-refractivity contribution in [3.05, 3.63) is 129 Å². The van der Waals surface area contributed by atoms with Gasteiger partial charge in [-0.3, -0.25) is 4.98 Å². The van der Waals surface area contributed by atoms with Crippen LogP contribution in [0.2, 0.25) is 0 Å². The van der Waals surface area contributed by atoms with Gasteiger partial charge in [-0.25, -0.2) is 0 Å². The van der Waals surface area contributed by atoms with Crippen LogP contribution < -0.4 is 4.90 Å². The van der Waals surface area contributed by atoms with Crippen molar-refractivity contribution < 1.29 is 4.74 Å². The molecule has 2 aliphatic carbocycles. The summed E-state index contributed by atoms with van der Waals surface area (Å²) in [5, 5.41) is 18.6. The second-order valence-corrected chi connectivity index (χ2v) is 12.4. The Hall–Kier alpha value is -4.91. The minimum atomic E-state index is -0.211. The summed E-state index contributed by atoms with van der Waals surface area (Å²) >= 11 is 1.71. The van der Waals surface area contributed by atoms with E-state index in [9.17, 15) is 10.5 Å². The van der Waals surface area contributed by atoms with Gasteiger partial charge in [0.15, 0.2) is 0 Å². The lowest BCUT2D eigenvalue weighted by Crippen LogP contribution is -2.21. The predicted molar refractivity (Wildman–Crippen MR) is 169 cm³/mol. The Morgan fingerprint density at radius 3 is 2.60 bits per heavy atom. The van der Waals surface area contributed by atoms with Crippen molar-refractivity contribution in [3.63, 3.8) is 0 Å². The number of allylic oxidation sites excluding steroid dienone is 10. The first-order valence-electron chi connectivity index (χ1n) is 14.0. The van der Waals surface area contributed by atoms with E-state index in [1.54, 1.807) is 23.5 Å². The number of para-hydroxylation sites is 1. The highest BCUT2D eigenvalue weighted by Gasteiger charge is 2.39. The van der Waals surface area contributed by atoms with Crippen molar-refractivity contribution in [2.45, 2.75) is 39.5 Å². The molecule has 6 heteroatoms. The summed E-state index contributed by atoms with van der Waals surface area (Å²) in [5.74, 6) is 1.70. The molecule has 206 valence electrons. The van der Waals surface area contributed by atoms with E-state index in [0.29, 0.717) is 23.0 Å². The molecule has 1 aromatic carbocycles. The van der Waals surface area contributed by atoms with Crippen LogP contribution in [-0.2, 0) is 10.2 Å². The summed E-state index contributed by atoms with van der Waals surface area (Å²) < 4.78 is 5.84. The van der Waals surface area contributed by atoms with Crippen molar-refractivity contribution in [3.8, 4) is 22.7 Å². The zero-order chi connectivity index (χ0) is 29.4. The lowest BCUT2D eigenvalue weighted by atomic mass is 9.83. The number of hydrogen-bond acceptors (Lipinski definition) is 6. The van der Waals surface area contributed by atoms with Gasteiger partial charge >= 0.3 is 0 Å². The Labute approximate surface area is 251 Å². The van der Waals surface area contributed by atoms with E-state index in [1.807, 2.05) is 43.5 Å². The quantitative estimate of drug-likeness (QED) is 0.288. The van der Waals surface area contributed by atoms with Crippen LogP contribution >= 0.6 is 11.3 Å². The molecule has 0 saturated carbocycles. The summed E-state index contributed by atoms with van der Waals surface area (Å²) in [6.07, 6.45) is 16.9. The van der Waals surface area contributed by atoms with Gasteiger partial charge in [-0.1, -0.05) is 51.1 Å². The first kappa shape index (κ1) is 27.3. The summed E-state index contributed by atoms with van der Waals surface area (Å²) in [7, 11) is 0. The summed E-state index contributed by atoms with van der Waals surface area (Å²) in [4.78, 5) is 9.68. The Morgan fingerprint density at radius 1 is 1.07 bits per heavy atom. The fourth-order valence-electron chi connectivity index (χ4n) is 5.76. The zero-order valence-corrected chi connectivity index (χ0v) is 24.9. The van der Waals surface area contributed by atoms with Gasteiger partial charge in [-0.2, -0.15) is 10.5 Å². The number of rotatable bonds is 5. The third kappa shape index (κ3) is 4.91. The van der Waals surface area contributed by atoms with Crippen molar-refractivity contribution in [1.82, 2.24) is 4.98 Å². The number of nitriles is 2. The van der Waals surface area contributed by atoms with E-state index in [4.69, 9.17) is 9.72 Å². The van der Waals surface area contributed by atoms with E-state index in [1.165, 1.54) is 21.7 Å². The molecule has 0 bridgehead atoms. The van der Waals surface area contributed by atoms with Gasteiger partial charge < -0.3 is 9.64 Å². The topological polar surface area (TPSA) is 72.9 Å². The van der Waals surface area contributed by atoms with Crippen LogP contribution in [0.4, 0.5) is 11.4 Å². The van der Waals surface area contributed by atoms with Crippen LogP contribution in [0, 0.1) is 28.6 Å². The lowest BCUT2D eigenvalue weighted by Gasteiger charge is -2.31. The number of pyridine rings is 1. The monoisotopic (exact) mass is 566 g/mol. The zero-order valence-electron chi connectivity index (χ0n) is 24.1. The summed E-state index contributed by atoms with van der Waals surface area (Å²) in [6, 6.07) is 19.0. The number of anilines is 2. The maximum absolute atomic E-state index is 9.28. The number of aromatic nitrogens is 1. The highest BCUT2D eigenvalue weighted by atomic mass is 32.1. The second-order valence-electron chi connectivity index (χ2n) is 11.3. The van der Waals surface area contributed by atoms with Gasteiger partial charge in [0.1, 0.15) is 29.2 Å². The van der Waals surface area contributed by atoms with Gasteiger partial charge in [0.05, 0.1) is 22.5 Å². The van der Waals surface area contributed by atoms with E-state index in [2.05, 4.69) is 80.3 Å². The van der Waals surface area contributed by atoms with E-state index in [-0.39, 0.29) is 11.0 Å². The van der Waals surface area contributed by atoms with E-state index < -0.39 is 0 Å². The maximum atomic E-state index is 9.28. The molecule has 0 radical (unpaired) electrons. The number of nitrogens with zero attached hydrogens (tertiary/aromatic N) is 4. The van der Waals surface area contributed by atoms with Gasteiger partial charge in [-0.15, -0.1) is 11.3 Å². The Morgan fingerprint density at radius 2 is 1.86 bits per heavy atom. The third-order valence-corrected chi connectivity index (χ3v) is 8.97. The molecule has 42 heavy (non-hydrogen) atoms. The Bertz CT molecular complexity index is 1840. The highest BCUT2D eigenvalue weighted by molar-refractivity contribution is 7.16. The van der Waals surface area contributed by atoms with Gasteiger partial charge in [0, 0.05) is 27.2 Å². The number of benzene rings is 1. The van der Waals surface area contributed by atoms with Crippen LogP contribution in [0.15, 0.2) is 113 Å². The van der Waals surface area contributed by atoms with Crippen molar-refractivity contribution in [2.24, 2.45) is 5.92 Å². The average molecular weight is 567 g/mol. The number of ether oxygens (including phenoxy) is 1. The molecular weight excluding hydrogens is 536 g/mol. The molecule has 0 fully saturated rings. The van der Waals surface area contributed by atoms with Crippen LogP contribution in [0.3, 0.4) is 0 Å². The van der Waals surface area contributed by atoms with Gasteiger partial charge in [0.25, 0.3) is 0 Å². The minimum absolute atomic E-state index is 0.0686. The SMILES string of the molecule is CC1=CC(=C(C#N)C#N)C=C(/C=C/c2cc3c(s2)-c2ncc(N(C4=CC=C[C@@H](C)C4)c4ccccc4)cc2C3(C)C)O1. The van der Waals surface area contributed by atoms with Crippen molar-refractivity contribution in [1.29, 1.82) is 10.5 Å². The molecule has 2 aromatic heterocycles. The second kappa shape index (κ2) is 10.8. The summed E-state index contributed by atoms with van der Waals surface area (Å²) in [5.41, 5.74) is 7.40. The van der Waals surface area contributed by atoms with Crippen LogP contribution in [0.25, 0.3) is 16.6 Å². The molecule has 0 saturated heterocycles. The minimum Gasteiger partial charge on any atom is -0.462 e. The molecule has 5 nitrogen and oxygen atoms in total. The van der Waals surface area contributed by atoms with Crippen LogP contribution in [0.5, 0.6) is 0 Å². The number of thiophene rings is 1. The van der Waals surface area contributed by atoms with Crippen molar-refractivity contribution >= 4 is 28.8 Å². The van der Waals surface area contributed by atoms with Crippen molar-refractivity contribution in [2.75, 3.05) is 4.90 Å². The van der Waals surface area contributed by atoms with Gasteiger partial charge in [-0.05, 0) is 85.0 Å². The van der Waals surface area contributed by atoms with Gasteiger partial charge in [0.2, 0.25) is 0 Å². The summed E-state index contributed by atoms with van der Waals surface area (Å²) in [6.45, 7) is 8.60. The molecule has 3 heterocycles. The van der Waals surface area contributed by atoms with Crippen LogP contribution in [0.1, 0.15) is 50.1 Å². The Balaban J connectivity index is 1.35. The molecule has 3 aliphatic rings. The maximum Gasteiger partial charge on any atom is 0.137 e. The molecular formula is C36H30N4OS. The molecule has 3 aromatic rings. The molecule has 0 spiro atoms. The van der Waals surface area contributed by atoms with E-state index in [0.717, 1.165) is 28.4 Å². The van der Waals surface area contributed by atoms with E-state index >= 15 is 0 Å². The molecule has 0 amide bonds. The molecule has 0 N–H and O–H groups in total. The molecule has 6 rings (SSSR count). The molecule has 1 aliphatic heterocycles. The highest BCUT2D eigenvalue weighted by Crippen LogP contribution is 2.53. The lowest BCUT2D eigenvalue weighted by molar-refractivity contribution is 0.318. The van der Waals surface area contributed by atoms with Crippen LogP contribution in [-0.4, -0.2) is 4.98 Å². The molecule has 1 atom stereocenters.